The molecule has 0 spiro atoms. The first kappa shape index (κ1) is 12.9. The van der Waals surface area contributed by atoms with Gasteiger partial charge in [0.05, 0.1) is 6.04 Å². The zero-order valence-corrected chi connectivity index (χ0v) is 12.8. The minimum absolute atomic E-state index is 0.0515. The van der Waals surface area contributed by atoms with E-state index < -0.39 is 0 Å². The van der Waals surface area contributed by atoms with Gasteiger partial charge in [-0.3, -0.25) is 0 Å². The third kappa shape index (κ3) is 2.81. The van der Waals surface area contributed by atoms with Crippen molar-refractivity contribution in [3.05, 3.63) is 56.4 Å². The average molecular weight is 359 g/mol. The predicted molar refractivity (Wildman–Crippen MR) is 76.2 cm³/mol. The Morgan fingerprint density at radius 3 is 2.53 bits per heavy atom. The molecule has 0 bridgehead atoms. The second-order valence-electron chi connectivity index (χ2n) is 3.84. The molecule has 1 unspecified atom stereocenters. The molecule has 0 saturated carbocycles. The predicted octanol–water partition coefficient (Wildman–Crippen LogP) is 4.42. The molecular weight excluding hydrogens is 346 g/mol. The number of hydrogen-bond donors (Lipinski definition) is 1. The summed E-state index contributed by atoms with van der Waals surface area (Å²) in [5.41, 5.74) is 1.15. The van der Waals surface area contributed by atoms with Gasteiger partial charge in [0.2, 0.25) is 0 Å². The fourth-order valence-corrected chi connectivity index (χ4v) is 2.65. The molecule has 1 N–H and O–H groups in total. The van der Waals surface area contributed by atoms with Gasteiger partial charge in [-0.25, -0.2) is 0 Å². The van der Waals surface area contributed by atoms with Gasteiger partial charge in [0.15, 0.2) is 0 Å². The fraction of sp³-hybridized carbons (Fsp3) is 0.231. The molecule has 2 rings (SSSR count). The maximum Gasteiger partial charge on any atom is 0.125 e. The number of aryl methyl sites for hydroxylation is 1. The number of nitrogens with one attached hydrogen (secondary N) is 1. The van der Waals surface area contributed by atoms with Crippen LogP contribution in [0.1, 0.15) is 23.1 Å². The molecule has 1 atom stereocenters. The van der Waals surface area contributed by atoms with Crippen LogP contribution in [0.2, 0.25) is 0 Å². The highest BCUT2D eigenvalue weighted by molar-refractivity contribution is 9.11. The van der Waals surface area contributed by atoms with Crippen LogP contribution < -0.4 is 5.32 Å². The summed E-state index contributed by atoms with van der Waals surface area (Å²) in [6.45, 7) is 1.95. The summed E-state index contributed by atoms with van der Waals surface area (Å²) in [6, 6.07) is 10.2. The lowest BCUT2D eigenvalue weighted by Crippen LogP contribution is -2.17. The van der Waals surface area contributed by atoms with Crippen molar-refractivity contribution >= 4 is 31.9 Å². The standard InChI is InChI=1S/C13H13Br2NO/c1-8-3-6-12(17-8)13(16-2)10-7-9(14)4-5-11(10)15/h3-7,13,16H,1-2H3. The first-order valence-electron chi connectivity index (χ1n) is 5.30. The Bertz CT molecular complexity index is 522. The van der Waals surface area contributed by atoms with Crippen molar-refractivity contribution in [2.24, 2.45) is 0 Å². The summed E-state index contributed by atoms with van der Waals surface area (Å²) in [7, 11) is 1.93. The van der Waals surface area contributed by atoms with Crippen molar-refractivity contribution in [2.45, 2.75) is 13.0 Å². The summed E-state index contributed by atoms with van der Waals surface area (Å²) in [6.07, 6.45) is 0. The molecule has 1 aromatic carbocycles. The molecule has 17 heavy (non-hydrogen) atoms. The number of hydrogen-bond acceptors (Lipinski definition) is 2. The monoisotopic (exact) mass is 357 g/mol. The molecule has 2 aromatic rings. The molecule has 1 heterocycles. The number of rotatable bonds is 3. The van der Waals surface area contributed by atoms with Crippen molar-refractivity contribution in [1.82, 2.24) is 5.32 Å². The summed E-state index contributed by atoms with van der Waals surface area (Å²) >= 11 is 7.07. The van der Waals surface area contributed by atoms with Crippen LogP contribution in [0.4, 0.5) is 0 Å². The molecule has 0 fully saturated rings. The summed E-state index contributed by atoms with van der Waals surface area (Å²) in [5, 5.41) is 3.27. The Labute approximate surface area is 118 Å². The van der Waals surface area contributed by atoms with Gasteiger partial charge in [-0.05, 0) is 49.9 Å². The maximum atomic E-state index is 5.69. The third-order valence-electron chi connectivity index (χ3n) is 2.60. The van der Waals surface area contributed by atoms with E-state index in [4.69, 9.17) is 4.42 Å². The highest BCUT2D eigenvalue weighted by Gasteiger charge is 2.18. The summed E-state index contributed by atoms with van der Waals surface area (Å²) in [5.74, 6) is 1.84. The highest BCUT2D eigenvalue weighted by atomic mass is 79.9. The van der Waals surface area contributed by atoms with Gasteiger partial charge in [0.25, 0.3) is 0 Å². The van der Waals surface area contributed by atoms with Crippen molar-refractivity contribution in [2.75, 3.05) is 7.05 Å². The largest absolute Gasteiger partial charge is 0.464 e. The van der Waals surface area contributed by atoms with Crippen molar-refractivity contribution in [1.29, 1.82) is 0 Å². The van der Waals surface area contributed by atoms with Crippen molar-refractivity contribution in [3.63, 3.8) is 0 Å². The van der Waals surface area contributed by atoms with E-state index in [0.717, 1.165) is 26.0 Å². The van der Waals surface area contributed by atoms with E-state index in [0.29, 0.717) is 0 Å². The highest BCUT2D eigenvalue weighted by Crippen LogP contribution is 2.31. The molecule has 2 nitrogen and oxygen atoms in total. The quantitative estimate of drug-likeness (QED) is 0.878. The molecule has 0 aliphatic carbocycles. The molecule has 1 aromatic heterocycles. The Balaban J connectivity index is 2.45. The number of benzene rings is 1. The summed E-state index contributed by atoms with van der Waals surface area (Å²) in [4.78, 5) is 0. The maximum absolute atomic E-state index is 5.69. The fourth-order valence-electron chi connectivity index (χ4n) is 1.80. The second kappa shape index (κ2) is 5.38. The second-order valence-corrected chi connectivity index (χ2v) is 5.61. The van der Waals surface area contributed by atoms with Crippen molar-refractivity contribution in [3.8, 4) is 0 Å². The van der Waals surface area contributed by atoms with E-state index in [2.05, 4.69) is 43.2 Å². The van der Waals surface area contributed by atoms with Gasteiger partial charge < -0.3 is 9.73 Å². The van der Waals surface area contributed by atoms with E-state index in [1.807, 2.05) is 38.2 Å². The van der Waals surface area contributed by atoms with Crippen LogP contribution in [0.3, 0.4) is 0 Å². The minimum Gasteiger partial charge on any atom is -0.464 e. The molecule has 90 valence electrons. The average Bonchev–Trinajstić information content (AvgIpc) is 2.71. The molecule has 4 heteroatoms. The Hall–Kier alpha value is -0.580. The van der Waals surface area contributed by atoms with Crippen LogP contribution in [-0.4, -0.2) is 7.05 Å². The van der Waals surface area contributed by atoms with Gasteiger partial charge in [-0.15, -0.1) is 0 Å². The first-order valence-corrected chi connectivity index (χ1v) is 6.89. The Morgan fingerprint density at radius 1 is 1.18 bits per heavy atom. The van der Waals surface area contributed by atoms with E-state index in [9.17, 15) is 0 Å². The zero-order valence-electron chi connectivity index (χ0n) is 9.63. The van der Waals surface area contributed by atoms with E-state index in [1.165, 1.54) is 0 Å². The van der Waals surface area contributed by atoms with E-state index >= 15 is 0 Å². The molecule has 0 amide bonds. The first-order chi connectivity index (χ1) is 8.11. The molecule has 0 aliphatic rings. The minimum atomic E-state index is 0.0515. The van der Waals surface area contributed by atoms with Gasteiger partial charge in [0.1, 0.15) is 11.5 Å². The van der Waals surface area contributed by atoms with E-state index in [-0.39, 0.29) is 6.04 Å². The van der Waals surface area contributed by atoms with Gasteiger partial charge in [0, 0.05) is 8.95 Å². The molecule has 0 aliphatic heterocycles. The molecule has 0 saturated heterocycles. The zero-order chi connectivity index (χ0) is 12.4. The lowest BCUT2D eigenvalue weighted by atomic mass is 10.1. The lowest BCUT2D eigenvalue weighted by molar-refractivity contribution is 0.443. The van der Waals surface area contributed by atoms with Gasteiger partial charge in [-0.1, -0.05) is 31.9 Å². The van der Waals surface area contributed by atoms with Crippen LogP contribution in [0.5, 0.6) is 0 Å². The van der Waals surface area contributed by atoms with Crippen LogP contribution in [0, 0.1) is 6.92 Å². The van der Waals surface area contributed by atoms with E-state index in [1.54, 1.807) is 0 Å². The van der Waals surface area contributed by atoms with Crippen LogP contribution in [-0.2, 0) is 0 Å². The smallest absolute Gasteiger partial charge is 0.125 e. The van der Waals surface area contributed by atoms with Gasteiger partial charge in [-0.2, -0.15) is 0 Å². The molecular formula is C13H13Br2NO. The Morgan fingerprint density at radius 2 is 1.94 bits per heavy atom. The Kier molecular flexibility index (Phi) is 4.07. The van der Waals surface area contributed by atoms with Gasteiger partial charge >= 0.3 is 0 Å². The third-order valence-corrected chi connectivity index (χ3v) is 3.82. The van der Waals surface area contributed by atoms with Crippen LogP contribution in [0.25, 0.3) is 0 Å². The van der Waals surface area contributed by atoms with Crippen LogP contribution >= 0.6 is 31.9 Å². The van der Waals surface area contributed by atoms with Crippen LogP contribution in [0.15, 0.2) is 43.7 Å². The normalized spacial score (nSPS) is 12.7. The number of furan rings is 1. The lowest BCUT2D eigenvalue weighted by Gasteiger charge is -2.16. The number of halogens is 2. The SMILES string of the molecule is CNC(c1ccc(C)o1)c1cc(Br)ccc1Br. The van der Waals surface area contributed by atoms with Crippen molar-refractivity contribution < 1.29 is 4.42 Å². The molecule has 0 radical (unpaired) electrons. The summed E-state index contributed by atoms with van der Waals surface area (Å²) < 4.78 is 7.81. The topological polar surface area (TPSA) is 25.2 Å².